The Morgan fingerprint density at radius 2 is 1.58 bits per heavy atom. The van der Waals surface area contributed by atoms with Gasteiger partial charge in [0.05, 0.1) is 10.2 Å². The Hall–Kier alpha value is -3.62. The van der Waals surface area contributed by atoms with E-state index in [-0.39, 0.29) is 5.91 Å². The highest BCUT2D eigenvalue weighted by atomic mass is 32.1. The van der Waals surface area contributed by atoms with Gasteiger partial charge in [-0.2, -0.15) is 0 Å². The third kappa shape index (κ3) is 5.29. The lowest BCUT2D eigenvalue weighted by molar-refractivity contribution is 0.0983. The quantitative estimate of drug-likeness (QED) is 0.286. The highest BCUT2D eigenvalue weighted by Crippen LogP contribution is 2.39. The van der Waals surface area contributed by atoms with E-state index in [2.05, 4.69) is 18.7 Å². The van der Waals surface area contributed by atoms with Crippen LogP contribution < -0.4 is 19.1 Å². The molecule has 0 radical (unpaired) electrons. The lowest BCUT2D eigenvalue weighted by Gasteiger charge is -2.24. The smallest absolute Gasteiger partial charge is 0.260 e. The van der Waals surface area contributed by atoms with Crippen LogP contribution >= 0.6 is 11.3 Å². The molecule has 2 heterocycles. The van der Waals surface area contributed by atoms with Gasteiger partial charge in [0.1, 0.15) is 24.7 Å². The average Bonchev–Trinajstić information content (AvgIpc) is 3.33. The molecule has 186 valence electrons. The van der Waals surface area contributed by atoms with Crippen molar-refractivity contribution in [2.45, 2.75) is 13.8 Å². The topological polar surface area (TPSA) is 64.1 Å². The molecule has 0 aliphatic carbocycles. The number of fused-ring (bicyclic) bond motifs is 2. The normalized spacial score (nSPS) is 12.6. The summed E-state index contributed by atoms with van der Waals surface area (Å²) in [6.07, 6.45) is 0. The van der Waals surface area contributed by atoms with Crippen LogP contribution in [0, 0.1) is 0 Å². The number of thiazole rings is 1. The maximum Gasteiger partial charge on any atom is 0.260 e. The van der Waals surface area contributed by atoms with Crippen LogP contribution in [0.15, 0.2) is 66.7 Å². The molecule has 0 spiro atoms. The van der Waals surface area contributed by atoms with E-state index in [4.69, 9.17) is 19.2 Å². The number of amides is 1. The molecule has 1 aromatic heterocycles. The molecule has 7 nitrogen and oxygen atoms in total. The molecule has 8 heteroatoms. The second-order valence-electron chi connectivity index (χ2n) is 8.38. The molecule has 0 atom stereocenters. The van der Waals surface area contributed by atoms with Crippen LogP contribution in [0.2, 0.25) is 0 Å². The molecule has 0 saturated carbocycles. The SMILES string of the molecule is CCN(CC)CCN(C(=O)c1ccc(Oc2ccccc2)cc1)c1nc2cc3c(cc2s1)OCCO3. The number of nitrogens with zero attached hydrogens (tertiary/aromatic N) is 3. The Morgan fingerprint density at radius 3 is 2.28 bits per heavy atom. The van der Waals surface area contributed by atoms with Gasteiger partial charge in [0.25, 0.3) is 5.91 Å². The standard InChI is InChI=1S/C28H29N3O4S/c1-3-30(4-2)14-15-31(28-29-23-18-24-25(19-26(23)36-28)34-17-16-33-24)27(32)20-10-12-22(13-11-20)35-21-8-6-5-7-9-21/h5-13,18-19H,3-4,14-17H2,1-2H3. The van der Waals surface area contributed by atoms with Gasteiger partial charge in [-0.15, -0.1) is 0 Å². The molecule has 0 saturated heterocycles. The van der Waals surface area contributed by atoms with E-state index in [0.29, 0.717) is 42.0 Å². The zero-order chi connectivity index (χ0) is 24.9. The van der Waals surface area contributed by atoms with Crippen molar-refractivity contribution in [3.63, 3.8) is 0 Å². The molecular weight excluding hydrogens is 474 g/mol. The summed E-state index contributed by atoms with van der Waals surface area (Å²) in [6, 6.07) is 20.7. The van der Waals surface area contributed by atoms with Gasteiger partial charge in [-0.3, -0.25) is 9.69 Å². The number of aromatic nitrogens is 1. The first kappa shape index (κ1) is 24.1. The minimum atomic E-state index is -0.0928. The van der Waals surface area contributed by atoms with E-state index in [1.54, 1.807) is 17.0 Å². The molecule has 0 fully saturated rings. The number of carbonyl (C=O) groups is 1. The Balaban J connectivity index is 1.42. The van der Waals surface area contributed by atoms with E-state index in [9.17, 15) is 4.79 Å². The highest BCUT2D eigenvalue weighted by molar-refractivity contribution is 7.22. The van der Waals surface area contributed by atoms with Crippen LogP contribution in [-0.4, -0.2) is 55.2 Å². The van der Waals surface area contributed by atoms with E-state index in [1.165, 1.54) is 11.3 Å². The summed E-state index contributed by atoms with van der Waals surface area (Å²) >= 11 is 1.49. The fourth-order valence-corrected chi connectivity index (χ4v) is 5.08. The van der Waals surface area contributed by atoms with Gasteiger partial charge in [0.2, 0.25) is 0 Å². The monoisotopic (exact) mass is 503 g/mol. The second kappa shape index (κ2) is 11.0. The number of para-hydroxylation sites is 1. The number of likely N-dealkylation sites (N-methyl/N-ethyl adjacent to an activating group) is 1. The maximum atomic E-state index is 13.7. The first-order chi connectivity index (χ1) is 17.6. The van der Waals surface area contributed by atoms with Crippen LogP contribution in [0.5, 0.6) is 23.0 Å². The fourth-order valence-electron chi connectivity index (χ4n) is 4.08. The Kier molecular flexibility index (Phi) is 7.34. The van der Waals surface area contributed by atoms with E-state index >= 15 is 0 Å². The summed E-state index contributed by atoms with van der Waals surface area (Å²) in [6.45, 7) is 8.45. The fraction of sp³-hybridized carbons (Fsp3) is 0.286. The minimum absolute atomic E-state index is 0.0928. The molecule has 4 aromatic rings. The third-order valence-corrected chi connectivity index (χ3v) is 7.17. The molecule has 0 unspecified atom stereocenters. The van der Waals surface area contributed by atoms with Crippen LogP contribution in [0.3, 0.4) is 0 Å². The average molecular weight is 504 g/mol. The number of rotatable bonds is 9. The molecule has 1 amide bonds. The van der Waals surface area contributed by atoms with Crippen molar-refractivity contribution < 1.29 is 19.0 Å². The minimum Gasteiger partial charge on any atom is -0.486 e. The van der Waals surface area contributed by atoms with Crippen LogP contribution in [0.1, 0.15) is 24.2 Å². The molecule has 36 heavy (non-hydrogen) atoms. The molecule has 3 aromatic carbocycles. The lowest BCUT2D eigenvalue weighted by atomic mass is 10.2. The first-order valence-electron chi connectivity index (χ1n) is 12.2. The maximum absolute atomic E-state index is 13.7. The molecule has 1 aliphatic heterocycles. The van der Waals surface area contributed by atoms with Gasteiger partial charge >= 0.3 is 0 Å². The zero-order valence-corrected chi connectivity index (χ0v) is 21.3. The first-order valence-corrected chi connectivity index (χ1v) is 13.0. The number of hydrogen-bond donors (Lipinski definition) is 0. The van der Waals surface area contributed by atoms with Gasteiger partial charge in [0, 0.05) is 30.8 Å². The van der Waals surface area contributed by atoms with Crippen molar-refractivity contribution in [2.75, 3.05) is 44.3 Å². The number of carbonyl (C=O) groups excluding carboxylic acids is 1. The summed E-state index contributed by atoms with van der Waals surface area (Å²) in [7, 11) is 0. The summed E-state index contributed by atoms with van der Waals surface area (Å²) in [4.78, 5) is 22.6. The van der Waals surface area contributed by atoms with Crippen molar-refractivity contribution in [3.05, 3.63) is 72.3 Å². The summed E-state index contributed by atoms with van der Waals surface area (Å²) in [5.41, 5.74) is 1.38. The van der Waals surface area contributed by atoms with E-state index in [1.807, 2.05) is 54.6 Å². The number of ether oxygens (including phenoxy) is 3. The Bertz CT molecular complexity index is 1280. The van der Waals surface area contributed by atoms with Crippen molar-refractivity contribution >= 4 is 32.6 Å². The number of benzene rings is 3. The van der Waals surface area contributed by atoms with Crippen LogP contribution in [-0.2, 0) is 0 Å². The van der Waals surface area contributed by atoms with Crippen molar-refractivity contribution in [1.29, 1.82) is 0 Å². The Morgan fingerprint density at radius 1 is 0.917 bits per heavy atom. The molecule has 0 N–H and O–H groups in total. The largest absolute Gasteiger partial charge is 0.486 e. The van der Waals surface area contributed by atoms with Gasteiger partial charge in [-0.25, -0.2) is 4.98 Å². The van der Waals surface area contributed by atoms with Crippen molar-refractivity contribution in [2.24, 2.45) is 0 Å². The number of hydrogen-bond acceptors (Lipinski definition) is 7. The summed E-state index contributed by atoms with van der Waals surface area (Å²) < 4.78 is 18.3. The van der Waals surface area contributed by atoms with E-state index < -0.39 is 0 Å². The van der Waals surface area contributed by atoms with Gasteiger partial charge in [-0.1, -0.05) is 43.4 Å². The van der Waals surface area contributed by atoms with Gasteiger partial charge in [0.15, 0.2) is 16.6 Å². The van der Waals surface area contributed by atoms with Crippen molar-refractivity contribution in [1.82, 2.24) is 9.88 Å². The zero-order valence-electron chi connectivity index (χ0n) is 20.5. The van der Waals surface area contributed by atoms with Crippen molar-refractivity contribution in [3.8, 4) is 23.0 Å². The lowest BCUT2D eigenvalue weighted by Crippen LogP contribution is -2.38. The highest BCUT2D eigenvalue weighted by Gasteiger charge is 2.23. The summed E-state index contributed by atoms with van der Waals surface area (Å²) in [5.74, 6) is 2.75. The second-order valence-corrected chi connectivity index (χ2v) is 9.39. The predicted octanol–water partition coefficient (Wildman–Crippen LogP) is 5.85. The number of anilines is 1. The van der Waals surface area contributed by atoms with Gasteiger partial charge < -0.3 is 19.1 Å². The van der Waals surface area contributed by atoms with Gasteiger partial charge in [-0.05, 0) is 49.5 Å². The summed E-state index contributed by atoms with van der Waals surface area (Å²) in [5, 5.41) is 0.661. The Labute approximate surface area is 214 Å². The molecular formula is C28H29N3O4S. The third-order valence-electron chi connectivity index (χ3n) is 6.13. The molecule has 1 aliphatic rings. The molecule has 0 bridgehead atoms. The van der Waals surface area contributed by atoms with Crippen LogP contribution in [0.25, 0.3) is 10.2 Å². The van der Waals surface area contributed by atoms with E-state index in [0.717, 1.165) is 41.3 Å². The molecule has 5 rings (SSSR count). The van der Waals surface area contributed by atoms with Crippen LogP contribution in [0.4, 0.5) is 5.13 Å². The predicted molar refractivity (Wildman–Crippen MR) is 143 cm³/mol.